The van der Waals surface area contributed by atoms with Crippen molar-refractivity contribution in [2.24, 2.45) is 5.92 Å². The molecular weight excluding hydrogens is 242 g/mol. The predicted molar refractivity (Wildman–Crippen MR) is 58.3 cm³/mol. The molecule has 1 amide bonds. The van der Waals surface area contributed by atoms with E-state index in [-0.39, 0.29) is 11.7 Å². The van der Waals surface area contributed by atoms with Gasteiger partial charge in [-0.2, -0.15) is 0 Å². The van der Waals surface area contributed by atoms with E-state index >= 15 is 0 Å². The zero-order valence-corrected chi connectivity index (χ0v) is 10.2. The fourth-order valence-corrected chi connectivity index (χ4v) is 1.34. The molecule has 0 spiro atoms. The third-order valence-electron chi connectivity index (χ3n) is 2.41. The van der Waals surface area contributed by atoms with Gasteiger partial charge in [0.15, 0.2) is 18.4 Å². The standard InChI is InChI=1S/C11H15NO6/c1-6(13)18-5-8(14)12-9(11(16)17-2)10(15)7-3-4-7/h7,9H,3-5H2,1-2H3,(H,12,14). The molecule has 100 valence electrons. The Hall–Kier alpha value is -1.92. The lowest BCUT2D eigenvalue weighted by atomic mass is 10.1. The third-order valence-corrected chi connectivity index (χ3v) is 2.41. The summed E-state index contributed by atoms with van der Waals surface area (Å²) < 4.78 is 8.92. The number of hydrogen-bond donors (Lipinski definition) is 1. The number of hydrogen-bond acceptors (Lipinski definition) is 6. The first-order valence-electron chi connectivity index (χ1n) is 5.50. The van der Waals surface area contributed by atoms with Crippen LogP contribution >= 0.6 is 0 Å². The number of nitrogens with one attached hydrogen (secondary N) is 1. The van der Waals surface area contributed by atoms with Crippen molar-refractivity contribution in [2.45, 2.75) is 25.8 Å². The van der Waals surface area contributed by atoms with Crippen LogP contribution in [0.25, 0.3) is 0 Å². The number of amides is 1. The molecule has 7 nitrogen and oxygen atoms in total. The number of esters is 2. The van der Waals surface area contributed by atoms with Crippen molar-refractivity contribution >= 4 is 23.6 Å². The monoisotopic (exact) mass is 257 g/mol. The first-order valence-corrected chi connectivity index (χ1v) is 5.50. The molecule has 1 saturated carbocycles. The SMILES string of the molecule is COC(=O)C(NC(=O)COC(C)=O)C(=O)C1CC1. The quantitative estimate of drug-likeness (QED) is 0.493. The van der Waals surface area contributed by atoms with Gasteiger partial charge < -0.3 is 14.8 Å². The molecule has 0 aliphatic heterocycles. The number of ketones is 1. The molecule has 1 fully saturated rings. The van der Waals surface area contributed by atoms with E-state index in [1.165, 1.54) is 0 Å². The third kappa shape index (κ3) is 4.15. The maximum Gasteiger partial charge on any atom is 0.336 e. The molecule has 1 atom stereocenters. The molecular formula is C11H15NO6. The number of rotatable bonds is 6. The van der Waals surface area contributed by atoms with E-state index in [1.807, 2.05) is 0 Å². The van der Waals surface area contributed by atoms with E-state index in [4.69, 9.17) is 0 Å². The van der Waals surface area contributed by atoms with Crippen molar-refractivity contribution in [1.82, 2.24) is 5.32 Å². The largest absolute Gasteiger partial charge is 0.467 e. The Kier molecular flexibility index (Phi) is 4.82. The second-order valence-electron chi connectivity index (χ2n) is 3.98. The highest BCUT2D eigenvalue weighted by molar-refractivity contribution is 6.07. The lowest BCUT2D eigenvalue weighted by Crippen LogP contribution is -2.49. The van der Waals surface area contributed by atoms with Crippen molar-refractivity contribution in [2.75, 3.05) is 13.7 Å². The van der Waals surface area contributed by atoms with Gasteiger partial charge in [0, 0.05) is 12.8 Å². The lowest BCUT2D eigenvalue weighted by molar-refractivity contribution is -0.151. The normalized spacial score (nSPS) is 15.4. The molecule has 0 heterocycles. The van der Waals surface area contributed by atoms with Gasteiger partial charge >= 0.3 is 11.9 Å². The Morgan fingerprint density at radius 1 is 1.28 bits per heavy atom. The number of Topliss-reactive ketones (excluding diaryl/α,β-unsaturated/α-hetero) is 1. The topological polar surface area (TPSA) is 98.8 Å². The zero-order chi connectivity index (χ0) is 13.7. The highest BCUT2D eigenvalue weighted by Crippen LogP contribution is 2.31. The zero-order valence-electron chi connectivity index (χ0n) is 10.2. The minimum Gasteiger partial charge on any atom is -0.467 e. The van der Waals surface area contributed by atoms with E-state index in [0.717, 1.165) is 14.0 Å². The molecule has 18 heavy (non-hydrogen) atoms. The summed E-state index contributed by atoms with van der Waals surface area (Å²) >= 11 is 0. The number of methoxy groups -OCH3 is 1. The summed E-state index contributed by atoms with van der Waals surface area (Å²) in [7, 11) is 1.13. The highest BCUT2D eigenvalue weighted by atomic mass is 16.5. The minimum atomic E-state index is -1.31. The maximum atomic E-state index is 11.8. The van der Waals surface area contributed by atoms with Crippen LogP contribution in [0.15, 0.2) is 0 Å². The van der Waals surface area contributed by atoms with Crippen LogP contribution in [0.1, 0.15) is 19.8 Å². The van der Waals surface area contributed by atoms with Gasteiger partial charge in [0.05, 0.1) is 7.11 Å². The minimum absolute atomic E-state index is 0.192. The first-order chi connectivity index (χ1) is 8.45. The first kappa shape index (κ1) is 14.1. The van der Waals surface area contributed by atoms with Gasteiger partial charge in [-0.1, -0.05) is 0 Å². The molecule has 1 unspecified atom stereocenters. The Morgan fingerprint density at radius 2 is 1.89 bits per heavy atom. The summed E-state index contributed by atoms with van der Waals surface area (Å²) in [5.41, 5.74) is 0. The van der Waals surface area contributed by atoms with Crippen LogP contribution in [0, 0.1) is 5.92 Å². The molecule has 0 aromatic heterocycles. The average Bonchev–Trinajstić information content (AvgIpc) is 3.15. The van der Waals surface area contributed by atoms with Crippen molar-refractivity contribution < 1.29 is 28.7 Å². The van der Waals surface area contributed by atoms with Crippen molar-refractivity contribution in [3.63, 3.8) is 0 Å². The van der Waals surface area contributed by atoms with Gasteiger partial charge in [0.2, 0.25) is 0 Å². The maximum absolute atomic E-state index is 11.8. The van der Waals surface area contributed by atoms with Crippen molar-refractivity contribution in [3.05, 3.63) is 0 Å². The van der Waals surface area contributed by atoms with E-state index in [2.05, 4.69) is 14.8 Å². The molecule has 0 aromatic carbocycles. The Morgan fingerprint density at radius 3 is 2.33 bits per heavy atom. The van der Waals surface area contributed by atoms with Crippen LogP contribution < -0.4 is 5.32 Å². The summed E-state index contributed by atoms with van der Waals surface area (Å²) in [6.45, 7) is 0.626. The van der Waals surface area contributed by atoms with E-state index in [9.17, 15) is 19.2 Å². The van der Waals surface area contributed by atoms with Crippen LogP contribution in [-0.4, -0.2) is 43.4 Å². The fraction of sp³-hybridized carbons (Fsp3) is 0.636. The average molecular weight is 257 g/mol. The summed E-state index contributed by atoms with van der Waals surface area (Å²) in [4.78, 5) is 45.0. The van der Waals surface area contributed by atoms with Gasteiger partial charge in [0.25, 0.3) is 5.91 Å². The summed E-state index contributed by atoms with van der Waals surface area (Å²) in [5.74, 6) is -2.70. The Labute approximate surface area is 104 Å². The van der Waals surface area contributed by atoms with Crippen LogP contribution in [0.2, 0.25) is 0 Å². The lowest BCUT2D eigenvalue weighted by Gasteiger charge is -2.14. The van der Waals surface area contributed by atoms with Gasteiger partial charge in [-0.25, -0.2) is 4.79 Å². The van der Waals surface area contributed by atoms with Crippen LogP contribution in [0.3, 0.4) is 0 Å². The molecule has 7 heteroatoms. The highest BCUT2D eigenvalue weighted by Gasteiger charge is 2.39. The van der Waals surface area contributed by atoms with Crippen LogP contribution in [0.5, 0.6) is 0 Å². The Bertz CT molecular complexity index is 374. The number of carbonyl (C=O) groups excluding carboxylic acids is 4. The van der Waals surface area contributed by atoms with Crippen LogP contribution in [0.4, 0.5) is 0 Å². The molecule has 0 aromatic rings. The van der Waals surface area contributed by atoms with Gasteiger partial charge in [-0.05, 0) is 12.8 Å². The number of carbonyl (C=O) groups is 4. The molecule has 1 aliphatic carbocycles. The molecule has 1 N–H and O–H groups in total. The molecule has 0 bridgehead atoms. The molecule has 1 rings (SSSR count). The van der Waals surface area contributed by atoms with E-state index in [1.54, 1.807) is 0 Å². The van der Waals surface area contributed by atoms with Crippen molar-refractivity contribution in [3.8, 4) is 0 Å². The van der Waals surface area contributed by atoms with Gasteiger partial charge in [-0.3, -0.25) is 14.4 Å². The fourth-order valence-electron chi connectivity index (χ4n) is 1.34. The van der Waals surface area contributed by atoms with Gasteiger partial charge in [0.1, 0.15) is 0 Å². The second kappa shape index (κ2) is 6.13. The summed E-state index contributed by atoms with van der Waals surface area (Å²) in [5, 5.41) is 2.20. The van der Waals surface area contributed by atoms with Gasteiger partial charge in [-0.15, -0.1) is 0 Å². The smallest absolute Gasteiger partial charge is 0.336 e. The molecule has 0 radical (unpaired) electrons. The van der Waals surface area contributed by atoms with Crippen LogP contribution in [-0.2, 0) is 28.7 Å². The van der Waals surface area contributed by atoms with Crippen molar-refractivity contribution in [1.29, 1.82) is 0 Å². The Balaban J connectivity index is 2.55. The summed E-state index contributed by atoms with van der Waals surface area (Å²) in [6, 6.07) is -1.31. The second-order valence-corrected chi connectivity index (χ2v) is 3.98. The summed E-state index contributed by atoms with van der Waals surface area (Å²) in [6.07, 6.45) is 1.43. The molecule has 0 saturated heterocycles. The van der Waals surface area contributed by atoms with E-state index < -0.39 is 30.5 Å². The van der Waals surface area contributed by atoms with E-state index in [0.29, 0.717) is 12.8 Å². The molecule has 1 aliphatic rings. The predicted octanol–water partition coefficient (Wildman–Crippen LogP) is -0.814. The number of ether oxygens (including phenoxy) is 2.